The fraction of sp³-hybridized carbons (Fsp3) is 0.583. The van der Waals surface area contributed by atoms with E-state index in [4.69, 9.17) is 0 Å². The summed E-state index contributed by atoms with van der Waals surface area (Å²) >= 11 is 0. The molecule has 0 atom stereocenters. The fourth-order valence-electron chi connectivity index (χ4n) is 1.45. The predicted molar refractivity (Wildman–Crippen MR) is 59.1 cm³/mol. The number of aromatic nitrogens is 2. The van der Waals surface area contributed by atoms with Gasteiger partial charge in [-0.15, -0.1) is 11.8 Å². The molecule has 0 unspecified atom stereocenters. The highest BCUT2D eigenvalue weighted by Gasteiger charge is 2.03. The lowest BCUT2D eigenvalue weighted by Crippen LogP contribution is -2.04. The third-order valence-corrected chi connectivity index (χ3v) is 2.26. The smallest absolute Gasteiger partial charge is 0.0624 e. The average Bonchev–Trinajstić information content (AvgIpc) is 2.61. The van der Waals surface area contributed by atoms with E-state index in [0.717, 1.165) is 25.8 Å². The van der Waals surface area contributed by atoms with Crippen molar-refractivity contribution in [3.63, 3.8) is 0 Å². The van der Waals surface area contributed by atoms with Gasteiger partial charge in [0.2, 0.25) is 0 Å². The van der Waals surface area contributed by atoms with Crippen LogP contribution in [0.4, 0.5) is 0 Å². The maximum atomic E-state index is 4.52. The third-order valence-electron chi connectivity index (χ3n) is 2.26. The zero-order valence-corrected chi connectivity index (χ0v) is 9.30. The summed E-state index contributed by atoms with van der Waals surface area (Å²) in [5, 5.41) is 4.52. The maximum absolute atomic E-state index is 4.52. The third kappa shape index (κ3) is 2.63. The Morgan fingerprint density at radius 2 is 2.14 bits per heavy atom. The lowest BCUT2D eigenvalue weighted by molar-refractivity contribution is 0.593. The lowest BCUT2D eigenvalue weighted by Gasteiger charge is -2.01. The first kappa shape index (κ1) is 10.8. The molecule has 1 heterocycles. The number of nitrogens with zero attached hydrogens (tertiary/aromatic N) is 2. The van der Waals surface area contributed by atoms with Crippen molar-refractivity contribution in [3.05, 3.63) is 17.5 Å². The molecule has 0 aliphatic heterocycles. The molecule has 0 radical (unpaired) electrons. The van der Waals surface area contributed by atoms with E-state index in [1.807, 2.05) is 6.92 Å². The first-order valence-electron chi connectivity index (χ1n) is 5.27. The number of hydrogen-bond acceptors (Lipinski definition) is 1. The minimum atomic E-state index is 0.897. The summed E-state index contributed by atoms with van der Waals surface area (Å²) in [6, 6.07) is 2.19. The predicted octanol–water partition coefficient (Wildman–Crippen LogP) is 2.42. The molecule has 76 valence electrons. The normalized spacial score (nSPS) is 9.64. The van der Waals surface area contributed by atoms with E-state index < -0.39 is 0 Å². The average molecular weight is 190 g/mol. The summed E-state index contributed by atoms with van der Waals surface area (Å²) in [6.45, 7) is 7.10. The van der Waals surface area contributed by atoms with Crippen LogP contribution in [0.1, 0.15) is 38.6 Å². The quantitative estimate of drug-likeness (QED) is 0.667. The van der Waals surface area contributed by atoms with Crippen LogP contribution < -0.4 is 0 Å². The van der Waals surface area contributed by atoms with Crippen LogP contribution in [0.2, 0.25) is 0 Å². The Bertz CT molecular complexity index is 339. The lowest BCUT2D eigenvalue weighted by atomic mass is 10.2. The molecule has 0 bridgehead atoms. The van der Waals surface area contributed by atoms with Gasteiger partial charge >= 0.3 is 0 Å². The van der Waals surface area contributed by atoms with Crippen LogP contribution in [0, 0.1) is 11.8 Å². The molecule has 0 saturated carbocycles. The highest BCUT2D eigenvalue weighted by atomic mass is 15.3. The first-order valence-corrected chi connectivity index (χ1v) is 5.27. The molecular formula is C12H18N2. The highest BCUT2D eigenvalue weighted by Crippen LogP contribution is 2.06. The van der Waals surface area contributed by atoms with Gasteiger partial charge in [-0.3, -0.25) is 4.68 Å². The minimum absolute atomic E-state index is 0.897. The van der Waals surface area contributed by atoms with E-state index in [-0.39, 0.29) is 0 Å². The molecule has 1 rings (SSSR count). The number of aryl methyl sites for hydroxylation is 3. The van der Waals surface area contributed by atoms with Crippen molar-refractivity contribution in [1.82, 2.24) is 9.78 Å². The molecule has 2 nitrogen and oxygen atoms in total. The van der Waals surface area contributed by atoms with Gasteiger partial charge in [0.05, 0.1) is 12.2 Å². The maximum Gasteiger partial charge on any atom is 0.0624 e. The molecule has 0 aromatic carbocycles. The van der Waals surface area contributed by atoms with Crippen molar-refractivity contribution in [2.75, 3.05) is 0 Å². The van der Waals surface area contributed by atoms with Gasteiger partial charge in [0.15, 0.2) is 0 Å². The Kier molecular flexibility index (Phi) is 4.25. The number of hydrogen-bond donors (Lipinski definition) is 0. The van der Waals surface area contributed by atoms with E-state index in [9.17, 15) is 0 Å². The van der Waals surface area contributed by atoms with Gasteiger partial charge < -0.3 is 0 Å². The Morgan fingerprint density at radius 1 is 1.36 bits per heavy atom. The van der Waals surface area contributed by atoms with E-state index in [2.05, 4.69) is 41.5 Å². The topological polar surface area (TPSA) is 17.8 Å². The van der Waals surface area contributed by atoms with Crippen molar-refractivity contribution >= 4 is 0 Å². The summed E-state index contributed by atoms with van der Waals surface area (Å²) in [7, 11) is 0. The molecular weight excluding hydrogens is 172 g/mol. The van der Waals surface area contributed by atoms with Gasteiger partial charge in [-0.1, -0.05) is 13.8 Å². The Morgan fingerprint density at radius 3 is 2.71 bits per heavy atom. The fourth-order valence-corrected chi connectivity index (χ4v) is 1.45. The van der Waals surface area contributed by atoms with E-state index in [1.165, 1.54) is 11.4 Å². The Labute approximate surface area is 86.3 Å². The molecule has 14 heavy (non-hydrogen) atoms. The van der Waals surface area contributed by atoms with Gasteiger partial charge in [0, 0.05) is 12.1 Å². The van der Waals surface area contributed by atoms with Crippen molar-refractivity contribution < 1.29 is 0 Å². The summed E-state index contributed by atoms with van der Waals surface area (Å²) in [4.78, 5) is 0. The summed E-state index contributed by atoms with van der Waals surface area (Å²) < 4.78 is 2.09. The first-order chi connectivity index (χ1) is 6.81. The van der Waals surface area contributed by atoms with Crippen molar-refractivity contribution in [2.45, 2.75) is 46.6 Å². The molecule has 1 aromatic heterocycles. The van der Waals surface area contributed by atoms with Crippen LogP contribution in [0.5, 0.6) is 0 Å². The zero-order valence-electron chi connectivity index (χ0n) is 9.30. The minimum Gasteiger partial charge on any atom is -0.268 e. The van der Waals surface area contributed by atoms with Crippen molar-refractivity contribution in [2.24, 2.45) is 0 Å². The van der Waals surface area contributed by atoms with Crippen LogP contribution in [-0.4, -0.2) is 9.78 Å². The highest BCUT2D eigenvalue weighted by molar-refractivity contribution is 5.10. The largest absolute Gasteiger partial charge is 0.268 e. The summed E-state index contributed by atoms with van der Waals surface area (Å²) in [6.07, 6.45) is 2.96. The van der Waals surface area contributed by atoms with Crippen molar-refractivity contribution in [3.8, 4) is 11.8 Å². The molecule has 1 aromatic rings. The SMILES string of the molecule is CC#CCCn1nc(CC)cc1CC. The van der Waals surface area contributed by atoms with Gasteiger partial charge in [-0.05, 0) is 25.8 Å². The summed E-state index contributed by atoms with van der Waals surface area (Å²) in [5.74, 6) is 5.97. The Hall–Kier alpha value is -1.23. The van der Waals surface area contributed by atoms with Gasteiger partial charge in [0.25, 0.3) is 0 Å². The van der Waals surface area contributed by atoms with E-state index >= 15 is 0 Å². The summed E-state index contributed by atoms with van der Waals surface area (Å²) in [5.41, 5.74) is 2.51. The number of rotatable bonds is 4. The van der Waals surface area contributed by atoms with Crippen LogP contribution in [0.25, 0.3) is 0 Å². The van der Waals surface area contributed by atoms with Gasteiger partial charge in [0.1, 0.15) is 0 Å². The zero-order chi connectivity index (χ0) is 10.4. The monoisotopic (exact) mass is 190 g/mol. The van der Waals surface area contributed by atoms with Crippen LogP contribution in [-0.2, 0) is 19.4 Å². The van der Waals surface area contributed by atoms with Crippen LogP contribution in [0.3, 0.4) is 0 Å². The van der Waals surface area contributed by atoms with Crippen LogP contribution >= 0.6 is 0 Å². The van der Waals surface area contributed by atoms with Gasteiger partial charge in [-0.25, -0.2) is 0 Å². The second kappa shape index (κ2) is 5.49. The molecule has 0 aliphatic carbocycles. The Balaban J connectivity index is 2.71. The molecule has 0 saturated heterocycles. The molecule has 0 fully saturated rings. The van der Waals surface area contributed by atoms with Crippen LogP contribution in [0.15, 0.2) is 6.07 Å². The second-order valence-corrected chi connectivity index (χ2v) is 3.23. The van der Waals surface area contributed by atoms with E-state index in [1.54, 1.807) is 0 Å². The second-order valence-electron chi connectivity index (χ2n) is 3.23. The molecule has 0 aliphatic rings. The van der Waals surface area contributed by atoms with Gasteiger partial charge in [-0.2, -0.15) is 5.10 Å². The van der Waals surface area contributed by atoms with Crippen molar-refractivity contribution in [1.29, 1.82) is 0 Å². The molecule has 0 spiro atoms. The molecule has 2 heteroatoms. The standard InChI is InChI=1S/C12H18N2/c1-4-7-8-9-14-12(6-3)10-11(5-2)13-14/h10H,5-6,8-9H2,1-3H3. The molecule has 0 N–H and O–H groups in total. The van der Waals surface area contributed by atoms with E-state index in [0.29, 0.717) is 0 Å². The molecule has 0 amide bonds.